The highest BCUT2D eigenvalue weighted by molar-refractivity contribution is 6.19. The Labute approximate surface area is 113 Å². The Kier molecular flexibility index (Phi) is 3.41. The Bertz CT molecular complexity index is 422. The molecule has 5 nitrogen and oxygen atoms in total. The van der Waals surface area contributed by atoms with Crippen molar-refractivity contribution in [3.8, 4) is 0 Å². The van der Waals surface area contributed by atoms with E-state index in [-0.39, 0.29) is 5.91 Å². The SMILES string of the molecule is CCC(C)(C)N1C(=O)NC(=O)C2(CCCCC2)C1=O. The summed E-state index contributed by atoms with van der Waals surface area (Å²) in [4.78, 5) is 38.2. The molecule has 1 saturated carbocycles. The van der Waals surface area contributed by atoms with Crippen molar-refractivity contribution in [1.29, 1.82) is 0 Å². The predicted molar refractivity (Wildman–Crippen MR) is 70.3 cm³/mol. The third-order valence-corrected chi connectivity index (χ3v) is 4.65. The largest absolute Gasteiger partial charge is 0.331 e. The van der Waals surface area contributed by atoms with Gasteiger partial charge in [0, 0.05) is 5.54 Å². The standard InChI is InChI=1S/C14H22N2O3/c1-4-13(2,3)16-11(18)14(8-6-5-7-9-14)10(17)15-12(16)19/h4-9H2,1-3H3,(H,15,17,19). The maximum Gasteiger partial charge on any atom is 0.331 e. The highest BCUT2D eigenvalue weighted by atomic mass is 16.2. The van der Waals surface area contributed by atoms with E-state index >= 15 is 0 Å². The molecule has 2 rings (SSSR count). The second kappa shape index (κ2) is 4.62. The Morgan fingerprint density at radius 2 is 1.74 bits per heavy atom. The number of nitrogens with one attached hydrogen (secondary N) is 1. The number of rotatable bonds is 2. The van der Waals surface area contributed by atoms with Gasteiger partial charge in [-0.3, -0.25) is 19.8 Å². The van der Waals surface area contributed by atoms with Gasteiger partial charge in [-0.2, -0.15) is 0 Å². The Hall–Kier alpha value is -1.39. The summed E-state index contributed by atoms with van der Waals surface area (Å²) in [6, 6.07) is -0.571. The number of hydrogen-bond acceptors (Lipinski definition) is 3. The molecule has 1 spiro atoms. The zero-order chi connectivity index (χ0) is 14.3. The van der Waals surface area contributed by atoms with Crippen LogP contribution in [0.1, 0.15) is 59.3 Å². The number of amides is 4. The van der Waals surface area contributed by atoms with Crippen LogP contribution in [-0.4, -0.2) is 28.3 Å². The summed E-state index contributed by atoms with van der Waals surface area (Å²) < 4.78 is 0. The summed E-state index contributed by atoms with van der Waals surface area (Å²) >= 11 is 0. The molecular formula is C14H22N2O3. The zero-order valence-corrected chi connectivity index (χ0v) is 11.9. The summed E-state index contributed by atoms with van der Waals surface area (Å²) in [7, 11) is 0. The number of hydrogen-bond donors (Lipinski definition) is 1. The Balaban J connectivity index is 2.39. The lowest BCUT2D eigenvalue weighted by molar-refractivity contribution is -0.157. The summed E-state index contributed by atoms with van der Waals surface area (Å²) in [5.74, 6) is -0.696. The molecule has 0 atom stereocenters. The second-order valence-corrected chi connectivity index (χ2v) is 6.21. The first kappa shape index (κ1) is 14.0. The molecule has 0 aromatic rings. The van der Waals surface area contributed by atoms with Gasteiger partial charge < -0.3 is 0 Å². The van der Waals surface area contributed by atoms with Gasteiger partial charge in [-0.1, -0.05) is 26.2 Å². The minimum Gasteiger partial charge on any atom is -0.277 e. The molecule has 106 valence electrons. The molecule has 5 heteroatoms. The predicted octanol–water partition coefficient (Wildman–Crippen LogP) is 2.20. The summed E-state index contributed by atoms with van der Waals surface area (Å²) in [6.07, 6.45) is 4.56. The number of imide groups is 2. The van der Waals surface area contributed by atoms with Crippen molar-refractivity contribution in [3.05, 3.63) is 0 Å². The molecule has 2 fully saturated rings. The molecular weight excluding hydrogens is 244 g/mol. The molecule has 1 N–H and O–H groups in total. The van der Waals surface area contributed by atoms with E-state index in [1.807, 2.05) is 20.8 Å². The first-order valence-corrected chi connectivity index (χ1v) is 7.05. The van der Waals surface area contributed by atoms with Gasteiger partial charge in [0.05, 0.1) is 0 Å². The smallest absolute Gasteiger partial charge is 0.277 e. The van der Waals surface area contributed by atoms with Crippen LogP contribution in [0.2, 0.25) is 0 Å². The Morgan fingerprint density at radius 1 is 1.16 bits per heavy atom. The molecule has 2 aliphatic rings. The maximum absolute atomic E-state index is 12.8. The van der Waals surface area contributed by atoms with Gasteiger partial charge in [0.25, 0.3) is 0 Å². The summed E-state index contributed by atoms with van der Waals surface area (Å²) in [5, 5.41) is 2.39. The highest BCUT2D eigenvalue weighted by Crippen LogP contribution is 2.42. The number of nitrogens with zero attached hydrogens (tertiary/aromatic N) is 1. The van der Waals surface area contributed by atoms with Gasteiger partial charge in [0.1, 0.15) is 5.41 Å². The van der Waals surface area contributed by atoms with Crippen molar-refractivity contribution in [2.24, 2.45) is 5.41 Å². The van der Waals surface area contributed by atoms with Gasteiger partial charge in [-0.15, -0.1) is 0 Å². The van der Waals surface area contributed by atoms with Crippen LogP contribution < -0.4 is 5.32 Å². The fourth-order valence-electron chi connectivity index (χ4n) is 2.98. The lowest BCUT2D eigenvalue weighted by Crippen LogP contribution is -2.68. The molecule has 1 saturated heterocycles. The third kappa shape index (κ3) is 2.05. The van der Waals surface area contributed by atoms with Crippen LogP contribution in [0.5, 0.6) is 0 Å². The van der Waals surface area contributed by atoms with Crippen LogP contribution in [0.4, 0.5) is 4.79 Å². The summed E-state index contributed by atoms with van der Waals surface area (Å²) in [5.41, 5.74) is -1.56. The van der Waals surface area contributed by atoms with Gasteiger partial charge in [0.2, 0.25) is 11.8 Å². The highest BCUT2D eigenvalue weighted by Gasteiger charge is 2.56. The van der Waals surface area contributed by atoms with Crippen LogP contribution >= 0.6 is 0 Å². The fraction of sp³-hybridized carbons (Fsp3) is 0.786. The van der Waals surface area contributed by atoms with E-state index in [2.05, 4.69) is 5.32 Å². The van der Waals surface area contributed by atoms with Gasteiger partial charge >= 0.3 is 6.03 Å². The molecule has 0 aromatic heterocycles. The molecule has 1 heterocycles. The quantitative estimate of drug-likeness (QED) is 0.779. The molecule has 1 aliphatic carbocycles. The average molecular weight is 266 g/mol. The van der Waals surface area contributed by atoms with E-state index in [1.165, 1.54) is 4.90 Å². The van der Waals surface area contributed by atoms with Crippen LogP contribution in [-0.2, 0) is 9.59 Å². The average Bonchev–Trinajstić information content (AvgIpc) is 2.37. The normalized spacial score (nSPS) is 23.7. The first-order chi connectivity index (χ1) is 8.85. The van der Waals surface area contributed by atoms with Gasteiger partial charge in [-0.05, 0) is 33.1 Å². The van der Waals surface area contributed by atoms with E-state index in [4.69, 9.17) is 0 Å². The molecule has 1 aliphatic heterocycles. The van der Waals surface area contributed by atoms with Crippen LogP contribution in [0.15, 0.2) is 0 Å². The van der Waals surface area contributed by atoms with E-state index in [9.17, 15) is 14.4 Å². The Morgan fingerprint density at radius 3 is 2.26 bits per heavy atom. The van der Waals surface area contributed by atoms with Crippen LogP contribution in [0.3, 0.4) is 0 Å². The molecule has 0 radical (unpaired) electrons. The van der Waals surface area contributed by atoms with Crippen molar-refractivity contribution in [3.63, 3.8) is 0 Å². The summed E-state index contributed by atoms with van der Waals surface area (Å²) in [6.45, 7) is 5.65. The zero-order valence-electron chi connectivity index (χ0n) is 11.9. The van der Waals surface area contributed by atoms with Crippen LogP contribution in [0, 0.1) is 5.41 Å². The first-order valence-electron chi connectivity index (χ1n) is 7.05. The van der Waals surface area contributed by atoms with Crippen molar-refractivity contribution in [1.82, 2.24) is 10.2 Å². The van der Waals surface area contributed by atoms with Crippen molar-refractivity contribution < 1.29 is 14.4 Å². The third-order valence-electron chi connectivity index (χ3n) is 4.65. The van der Waals surface area contributed by atoms with Crippen molar-refractivity contribution in [2.45, 2.75) is 64.8 Å². The number of carbonyl (C=O) groups excluding carboxylic acids is 3. The van der Waals surface area contributed by atoms with E-state index in [0.29, 0.717) is 19.3 Å². The fourth-order valence-corrected chi connectivity index (χ4v) is 2.98. The minimum absolute atomic E-state index is 0.298. The molecule has 0 bridgehead atoms. The lowest BCUT2D eigenvalue weighted by atomic mass is 9.70. The van der Waals surface area contributed by atoms with E-state index in [0.717, 1.165) is 19.3 Å². The van der Waals surface area contributed by atoms with Crippen LogP contribution in [0.25, 0.3) is 0 Å². The molecule has 0 unspecified atom stereocenters. The lowest BCUT2D eigenvalue weighted by Gasteiger charge is -2.46. The maximum atomic E-state index is 12.8. The van der Waals surface area contributed by atoms with Crippen molar-refractivity contribution in [2.75, 3.05) is 0 Å². The molecule has 19 heavy (non-hydrogen) atoms. The number of barbiturate groups is 1. The topological polar surface area (TPSA) is 66.5 Å². The number of urea groups is 1. The second-order valence-electron chi connectivity index (χ2n) is 6.21. The van der Waals surface area contributed by atoms with E-state index < -0.39 is 22.9 Å². The van der Waals surface area contributed by atoms with Crippen molar-refractivity contribution >= 4 is 17.8 Å². The monoisotopic (exact) mass is 266 g/mol. The van der Waals surface area contributed by atoms with Gasteiger partial charge in [0.15, 0.2) is 0 Å². The van der Waals surface area contributed by atoms with Gasteiger partial charge in [-0.25, -0.2) is 4.79 Å². The van der Waals surface area contributed by atoms with E-state index in [1.54, 1.807) is 0 Å². The molecule has 0 aromatic carbocycles. The number of carbonyl (C=O) groups is 3. The molecule has 4 amide bonds. The minimum atomic E-state index is -1.00.